The van der Waals surface area contributed by atoms with Crippen molar-refractivity contribution < 1.29 is 17.5 Å². The van der Waals surface area contributed by atoms with Crippen LogP contribution >= 0.6 is 0 Å². The Balaban J connectivity index is 1.72. The van der Waals surface area contributed by atoms with E-state index in [4.69, 9.17) is 4.74 Å². The summed E-state index contributed by atoms with van der Waals surface area (Å²) >= 11 is 0. The molecule has 3 rings (SSSR count). The van der Waals surface area contributed by atoms with E-state index in [9.17, 15) is 12.8 Å². The molecule has 0 amide bonds. The standard InChI is InChI=1S/C18H21FN2O3S/c1-24-17-5-3-11-21(13-17)16-9-7-15(8-10-16)20-25(22,23)18-6-2-4-14(19)12-18/h2,4,6-10,12,17,20H,3,5,11,13H2,1H3. The fourth-order valence-corrected chi connectivity index (χ4v) is 4.04. The van der Waals surface area contributed by atoms with Crippen molar-refractivity contribution in [1.82, 2.24) is 0 Å². The second-order valence-corrected chi connectivity index (χ2v) is 7.74. The number of piperidine rings is 1. The number of hydrogen-bond acceptors (Lipinski definition) is 4. The van der Waals surface area contributed by atoms with Crippen LogP contribution in [0, 0.1) is 5.82 Å². The van der Waals surface area contributed by atoms with Gasteiger partial charge in [-0.25, -0.2) is 12.8 Å². The molecule has 1 atom stereocenters. The zero-order chi connectivity index (χ0) is 17.9. The number of anilines is 2. The highest BCUT2D eigenvalue weighted by molar-refractivity contribution is 7.92. The van der Waals surface area contributed by atoms with Crippen LogP contribution in [0.25, 0.3) is 0 Å². The van der Waals surface area contributed by atoms with Gasteiger partial charge < -0.3 is 9.64 Å². The molecule has 0 spiro atoms. The smallest absolute Gasteiger partial charge is 0.261 e. The first-order valence-electron chi connectivity index (χ1n) is 8.14. The number of ether oxygens (including phenoxy) is 1. The third-order valence-electron chi connectivity index (χ3n) is 4.30. The molecule has 1 heterocycles. The van der Waals surface area contributed by atoms with Crippen LogP contribution in [0.2, 0.25) is 0 Å². The third kappa shape index (κ3) is 4.29. The number of rotatable bonds is 5. The van der Waals surface area contributed by atoms with Gasteiger partial charge in [-0.15, -0.1) is 0 Å². The van der Waals surface area contributed by atoms with Crippen molar-refractivity contribution in [3.8, 4) is 0 Å². The quantitative estimate of drug-likeness (QED) is 0.885. The van der Waals surface area contributed by atoms with Crippen LogP contribution in [0.15, 0.2) is 53.4 Å². The molecule has 25 heavy (non-hydrogen) atoms. The zero-order valence-corrected chi connectivity index (χ0v) is 14.8. The molecule has 0 radical (unpaired) electrons. The predicted octanol–water partition coefficient (Wildman–Crippen LogP) is 3.24. The van der Waals surface area contributed by atoms with Crippen LogP contribution in [-0.4, -0.2) is 34.7 Å². The molecule has 0 aromatic heterocycles. The minimum Gasteiger partial charge on any atom is -0.380 e. The molecular formula is C18H21FN2O3S. The average molecular weight is 364 g/mol. The molecule has 1 aliphatic heterocycles. The van der Waals surface area contributed by atoms with Crippen LogP contribution in [0.5, 0.6) is 0 Å². The van der Waals surface area contributed by atoms with E-state index < -0.39 is 15.8 Å². The predicted molar refractivity (Wildman–Crippen MR) is 95.9 cm³/mol. The Morgan fingerprint density at radius 1 is 1.20 bits per heavy atom. The summed E-state index contributed by atoms with van der Waals surface area (Å²) in [6.45, 7) is 1.78. The Kier molecular flexibility index (Phi) is 5.24. The van der Waals surface area contributed by atoms with Crippen LogP contribution in [-0.2, 0) is 14.8 Å². The van der Waals surface area contributed by atoms with Gasteiger partial charge in [0.1, 0.15) is 5.82 Å². The fourth-order valence-electron chi connectivity index (χ4n) is 2.95. The van der Waals surface area contributed by atoms with Crippen LogP contribution in [0.3, 0.4) is 0 Å². The first-order chi connectivity index (χ1) is 12.0. The maximum Gasteiger partial charge on any atom is 0.261 e. The monoisotopic (exact) mass is 364 g/mol. The Morgan fingerprint density at radius 2 is 1.96 bits per heavy atom. The van der Waals surface area contributed by atoms with E-state index >= 15 is 0 Å². The van der Waals surface area contributed by atoms with Crippen molar-refractivity contribution in [1.29, 1.82) is 0 Å². The van der Waals surface area contributed by atoms with Crippen molar-refractivity contribution >= 4 is 21.4 Å². The SMILES string of the molecule is COC1CCCN(c2ccc(NS(=O)(=O)c3cccc(F)c3)cc2)C1. The highest BCUT2D eigenvalue weighted by Crippen LogP contribution is 2.24. The lowest BCUT2D eigenvalue weighted by Gasteiger charge is -2.33. The van der Waals surface area contributed by atoms with Crippen LogP contribution < -0.4 is 9.62 Å². The highest BCUT2D eigenvalue weighted by Gasteiger charge is 2.20. The minimum atomic E-state index is -3.81. The summed E-state index contributed by atoms with van der Waals surface area (Å²) in [6, 6.07) is 12.1. The van der Waals surface area contributed by atoms with Gasteiger partial charge in [0.25, 0.3) is 10.0 Å². The number of nitrogens with one attached hydrogen (secondary N) is 1. The fraction of sp³-hybridized carbons (Fsp3) is 0.333. The Hall–Kier alpha value is -2.12. The van der Waals surface area contributed by atoms with Gasteiger partial charge in [-0.2, -0.15) is 0 Å². The molecule has 1 fully saturated rings. The minimum absolute atomic E-state index is 0.101. The summed E-state index contributed by atoms with van der Waals surface area (Å²) in [6.07, 6.45) is 2.34. The Morgan fingerprint density at radius 3 is 2.64 bits per heavy atom. The van der Waals surface area contributed by atoms with E-state index in [1.54, 1.807) is 19.2 Å². The molecule has 134 valence electrons. The lowest BCUT2D eigenvalue weighted by molar-refractivity contribution is 0.0893. The lowest BCUT2D eigenvalue weighted by atomic mass is 10.1. The number of sulfonamides is 1. The Bertz CT molecular complexity index is 824. The average Bonchev–Trinajstić information content (AvgIpc) is 2.62. The number of nitrogens with zero attached hydrogens (tertiary/aromatic N) is 1. The topological polar surface area (TPSA) is 58.6 Å². The number of benzene rings is 2. The van der Waals surface area contributed by atoms with Gasteiger partial charge in [-0.1, -0.05) is 6.07 Å². The van der Waals surface area contributed by atoms with Crippen molar-refractivity contribution in [2.24, 2.45) is 0 Å². The van der Waals surface area contributed by atoms with Gasteiger partial charge in [0.2, 0.25) is 0 Å². The largest absolute Gasteiger partial charge is 0.380 e. The van der Waals surface area contributed by atoms with Crippen molar-refractivity contribution in [2.45, 2.75) is 23.8 Å². The lowest BCUT2D eigenvalue weighted by Crippen LogP contribution is -2.39. The van der Waals surface area contributed by atoms with Crippen molar-refractivity contribution in [3.05, 3.63) is 54.3 Å². The number of methoxy groups -OCH3 is 1. The summed E-state index contributed by atoms with van der Waals surface area (Å²) in [5.74, 6) is -0.587. The van der Waals surface area contributed by atoms with Gasteiger partial charge in [0.05, 0.1) is 11.0 Å². The van der Waals surface area contributed by atoms with Gasteiger partial charge in [-0.3, -0.25) is 4.72 Å². The van der Waals surface area contributed by atoms with E-state index in [-0.39, 0.29) is 11.0 Å². The van der Waals surface area contributed by atoms with Gasteiger partial charge >= 0.3 is 0 Å². The van der Waals surface area contributed by atoms with E-state index in [1.807, 2.05) is 12.1 Å². The summed E-state index contributed by atoms with van der Waals surface area (Å²) in [5, 5.41) is 0. The van der Waals surface area contributed by atoms with E-state index in [1.165, 1.54) is 18.2 Å². The van der Waals surface area contributed by atoms with Crippen molar-refractivity contribution in [3.63, 3.8) is 0 Å². The molecular weight excluding hydrogens is 343 g/mol. The maximum absolute atomic E-state index is 13.2. The second kappa shape index (κ2) is 7.41. The zero-order valence-electron chi connectivity index (χ0n) is 14.0. The molecule has 1 N–H and O–H groups in total. The normalized spacial score (nSPS) is 18.2. The molecule has 5 nitrogen and oxygen atoms in total. The summed E-state index contributed by atoms with van der Waals surface area (Å²) in [7, 11) is -2.09. The number of halogens is 1. The Labute approximate surface area is 147 Å². The van der Waals surface area contributed by atoms with Gasteiger partial charge in [-0.05, 0) is 55.3 Å². The molecule has 7 heteroatoms. The molecule has 2 aromatic carbocycles. The third-order valence-corrected chi connectivity index (χ3v) is 5.68. The molecule has 1 unspecified atom stereocenters. The van der Waals surface area contributed by atoms with E-state index in [2.05, 4.69) is 9.62 Å². The van der Waals surface area contributed by atoms with Crippen LogP contribution in [0.4, 0.5) is 15.8 Å². The summed E-state index contributed by atoms with van der Waals surface area (Å²) in [5.41, 5.74) is 1.46. The molecule has 0 bridgehead atoms. The van der Waals surface area contributed by atoms with E-state index in [0.717, 1.165) is 37.7 Å². The maximum atomic E-state index is 13.2. The number of hydrogen-bond donors (Lipinski definition) is 1. The first kappa shape index (κ1) is 17.7. The van der Waals surface area contributed by atoms with Crippen molar-refractivity contribution in [2.75, 3.05) is 29.8 Å². The summed E-state index contributed by atoms with van der Waals surface area (Å²) < 4.78 is 45.8. The molecule has 1 saturated heterocycles. The summed E-state index contributed by atoms with van der Waals surface area (Å²) in [4.78, 5) is 2.12. The molecule has 0 saturated carbocycles. The molecule has 2 aromatic rings. The van der Waals surface area contributed by atoms with Crippen LogP contribution in [0.1, 0.15) is 12.8 Å². The van der Waals surface area contributed by atoms with E-state index in [0.29, 0.717) is 5.69 Å². The second-order valence-electron chi connectivity index (χ2n) is 6.06. The van der Waals surface area contributed by atoms with Gasteiger partial charge in [0, 0.05) is 31.6 Å². The van der Waals surface area contributed by atoms with Gasteiger partial charge in [0.15, 0.2) is 0 Å². The molecule has 0 aliphatic carbocycles. The first-order valence-corrected chi connectivity index (χ1v) is 9.62. The highest BCUT2D eigenvalue weighted by atomic mass is 32.2. The molecule has 1 aliphatic rings.